The minimum absolute atomic E-state index is 0.319. The molecular formula is C21H17NO3S2. The number of hydrogen-bond acceptors (Lipinski definition) is 6. The molecule has 0 unspecified atom stereocenters. The fourth-order valence-corrected chi connectivity index (χ4v) is 5.73. The van der Waals surface area contributed by atoms with Gasteiger partial charge in [-0.25, -0.2) is 4.79 Å². The maximum Gasteiger partial charge on any atom is 0.338 e. The zero-order valence-corrected chi connectivity index (χ0v) is 16.1. The van der Waals surface area contributed by atoms with Gasteiger partial charge in [0.05, 0.1) is 13.2 Å². The Morgan fingerprint density at radius 1 is 0.852 bits per heavy atom. The Hall–Kier alpha value is -2.15. The predicted molar refractivity (Wildman–Crippen MR) is 108 cm³/mol. The van der Waals surface area contributed by atoms with E-state index >= 15 is 0 Å². The lowest BCUT2D eigenvalue weighted by molar-refractivity contribution is 0.122. The Labute approximate surface area is 165 Å². The molecule has 0 amide bonds. The third kappa shape index (κ3) is 3.29. The van der Waals surface area contributed by atoms with Gasteiger partial charge in [-0.3, -0.25) is 0 Å². The molecule has 0 bridgehead atoms. The van der Waals surface area contributed by atoms with Crippen molar-refractivity contribution in [3.63, 3.8) is 0 Å². The van der Waals surface area contributed by atoms with Crippen LogP contribution >= 0.6 is 23.5 Å². The SMILES string of the molecule is O=c1cc(N2CCOCC2)cc(-c2cccc3c2Sc2ccccc2S3)o1. The summed E-state index contributed by atoms with van der Waals surface area (Å²) in [7, 11) is 0. The van der Waals surface area contributed by atoms with E-state index in [-0.39, 0.29) is 5.63 Å². The lowest BCUT2D eigenvalue weighted by atomic mass is 10.1. The lowest BCUT2D eigenvalue weighted by Crippen LogP contribution is -2.36. The first-order valence-corrected chi connectivity index (χ1v) is 10.5. The molecule has 3 heterocycles. The third-order valence-electron chi connectivity index (χ3n) is 4.66. The Morgan fingerprint density at radius 3 is 2.41 bits per heavy atom. The average molecular weight is 396 g/mol. The van der Waals surface area contributed by atoms with Crippen LogP contribution in [0.2, 0.25) is 0 Å². The van der Waals surface area contributed by atoms with Gasteiger partial charge in [-0.05, 0) is 18.2 Å². The molecule has 2 aliphatic rings. The van der Waals surface area contributed by atoms with E-state index in [0.717, 1.165) is 29.2 Å². The molecule has 1 fully saturated rings. The van der Waals surface area contributed by atoms with Crippen LogP contribution in [0.25, 0.3) is 11.3 Å². The molecule has 0 radical (unpaired) electrons. The number of fused-ring (bicyclic) bond motifs is 2. The van der Waals surface area contributed by atoms with E-state index < -0.39 is 0 Å². The number of benzene rings is 2. The highest BCUT2D eigenvalue weighted by molar-refractivity contribution is 8.05. The number of rotatable bonds is 2. The van der Waals surface area contributed by atoms with Gasteiger partial charge in [0.25, 0.3) is 0 Å². The Kier molecular flexibility index (Phi) is 4.47. The van der Waals surface area contributed by atoms with Crippen LogP contribution < -0.4 is 10.5 Å². The summed E-state index contributed by atoms with van der Waals surface area (Å²) in [5.74, 6) is 0.619. The van der Waals surface area contributed by atoms with Crippen LogP contribution in [0.15, 0.2) is 83.4 Å². The van der Waals surface area contributed by atoms with Crippen molar-refractivity contribution in [1.82, 2.24) is 0 Å². The maximum atomic E-state index is 12.3. The van der Waals surface area contributed by atoms with Gasteiger partial charge in [0.15, 0.2) is 0 Å². The van der Waals surface area contributed by atoms with Gasteiger partial charge in [0, 0.05) is 56.1 Å². The second kappa shape index (κ2) is 7.11. The van der Waals surface area contributed by atoms with Crippen molar-refractivity contribution in [1.29, 1.82) is 0 Å². The van der Waals surface area contributed by atoms with Crippen molar-refractivity contribution in [2.45, 2.75) is 19.6 Å². The molecule has 1 saturated heterocycles. The molecule has 5 rings (SSSR count). The molecular weight excluding hydrogens is 378 g/mol. The molecule has 1 aromatic heterocycles. The van der Waals surface area contributed by atoms with E-state index in [0.29, 0.717) is 19.0 Å². The maximum absolute atomic E-state index is 12.3. The van der Waals surface area contributed by atoms with Crippen LogP contribution in [0, 0.1) is 0 Å². The van der Waals surface area contributed by atoms with Crippen molar-refractivity contribution >= 4 is 29.2 Å². The van der Waals surface area contributed by atoms with E-state index in [1.54, 1.807) is 29.6 Å². The topological polar surface area (TPSA) is 42.7 Å². The number of nitrogens with zero attached hydrogens (tertiary/aromatic N) is 1. The van der Waals surface area contributed by atoms with E-state index in [2.05, 4.69) is 35.2 Å². The fraction of sp³-hybridized carbons (Fsp3) is 0.190. The van der Waals surface area contributed by atoms with Gasteiger partial charge in [-0.1, -0.05) is 47.8 Å². The summed E-state index contributed by atoms with van der Waals surface area (Å²) in [6.45, 7) is 2.93. The molecule has 0 atom stereocenters. The average Bonchev–Trinajstić information content (AvgIpc) is 2.72. The van der Waals surface area contributed by atoms with Gasteiger partial charge >= 0.3 is 5.63 Å². The normalized spacial score (nSPS) is 15.9. The first-order valence-electron chi connectivity index (χ1n) is 8.84. The molecule has 4 nitrogen and oxygen atoms in total. The molecule has 0 saturated carbocycles. The quantitative estimate of drug-likeness (QED) is 0.488. The highest BCUT2D eigenvalue weighted by atomic mass is 32.2. The summed E-state index contributed by atoms with van der Waals surface area (Å²) < 4.78 is 11.0. The minimum Gasteiger partial charge on any atom is -0.423 e. The standard InChI is InChI=1S/C21H17NO3S2/c23-20-13-14(22-8-10-24-11-9-22)12-16(25-20)15-4-3-7-19-21(15)27-18-6-2-1-5-17(18)26-19/h1-7,12-13H,8-11H2. The first-order chi connectivity index (χ1) is 13.3. The van der Waals surface area contributed by atoms with Crippen LogP contribution in [0.5, 0.6) is 0 Å². The molecule has 3 aromatic rings. The number of morpholine rings is 1. The van der Waals surface area contributed by atoms with Gasteiger partial charge in [0.1, 0.15) is 5.76 Å². The van der Waals surface area contributed by atoms with Crippen LogP contribution in [0.3, 0.4) is 0 Å². The summed E-state index contributed by atoms with van der Waals surface area (Å²) in [6, 6.07) is 18.1. The summed E-state index contributed by atoms with van der Waals surface area (Å²) in [6.07, 6.45) is 0. The van der Waals surface area contributed by atoms with Crippen molar-refractivity contribution in [2.75, 3.05) is 31.2 Å². The molecule has 2 aliphatic heterocycles. The fourth-order valence-electron chi connectivity index (χ4n) is 3.34. The number of hydrogen-bond donors (Lipinski definition) is 0. The first kappa shape index (κ1) is 17.0. The Morgan fingerprint density at radius 2 is 1.59 bits per heavy atom. The summed E-state index contributed by atoms with van der Waals surface area (Å²) >= 11 is 3.50. The highest BCUT2D eigenvalue weighted by Gasteiger charge is 2.22. The number of anilines is 1. The van der Waals surface area contributed by atoms with Gasteiger partial charge in [-0.15, -0.1) is 0 Å². The van der Waals surface area contributed by atoms with Crippen LogP contribution in [0.1, 0.15) is 0 Å². The zero-order chi connectivity index (χ0) is 18.2. The second-order valence-electron chi connectivity index (χ2n) is 6.38. The van der Waals surface area contributed by atoms with Crippen molar-refractivity contribution in [2.24, 2.45) is 0 Å². The van der Waals surface area contributed by atoms with E-state index in [1.165, 1.54) is 14.7 Å². The molecule has 6 heteroatoms. The Balaban J connectivity index is 1.58. The predicted octanol–water partition coefficient (Wildman–Crippen LogP) is 4.76. The summed E-state index contributed by atoms with van der Waals surface area (Å²) in [5, 5.41) is 0. The van der Waals surface area contributed by atoms with E-state index in [9.17, 15) is 4.79 Å². The van der Waals surface area contributed by atoms with Gasteiger partial charge in [-0.2, -0.15) is 0 Å². The zero-order valence-electron chi connectivity index (χ0n) is 14.5. The minimum atomic E-state index is -0.319. The second-order valence-corrected chi connectivity index (χ2v) is 8.52. The Bertz CT molecular complexity index is 1060. The molecule has 0 spiro atoms. The van der Waals surface area contributed by atoms with E-state index in [4.69, 9.17) is 9.15 Å². The highest BCUT2D eigenvalue weighted by Crippen LogP contribution is 2.51. The van der Waals surface area contributed by atoms with Gasteiger partial charge in [0.2, 0.25) is 0 Å². The van der Waals surface area contributed by atoms with Gasteiger partial charge < -0.3 is 14.1 Å². The molecule has 0 N–H and O–H groups in total. The van der Waals surface area contributed by atoms with Crippen LogP contribution in [-0.2, 0) is 4.74 Å². The molecule has 0 aliphatic carbocycles. The van der Waals surface area contributed by atoms with Crippen molar-refractivity contribution in [3.8, 4) is 11.3 Å². The molecule has 2 aromatic carbocycles. The molecule has 27 heavy (non-hydrogen) atoms. The van der Waals surface area contributed by atoms with Crippen LogP contribution in [-0.4, -0.2) is 26.3 Å². The monoisotopic (exact) mass is 395 g/mol. The van der Waals surface area contributed by atoms with Crippen molar-refractivity contribution in [3.05, 3.63) is 65.0 Å². The van der Waals surface area contributed by atoms with Crippen LogP contribution in [0.4, 0.5) is 5.69 Å². The summed E-state index contributed by atoms with van der Waals surface area (Å²) in [4.78, 5) is 19.3. The third-order valence-corrected chi connectivity index (χ3v) is 7.27. The van der Waals surface area contributed by atoms with Crippen molar-refractivity contribution < 1.29 is 9.15 Å². The molecule has 136 valence electrons. The number of ether oxygens (including phenoxy) is 1. The lowest BCUT2D eigenvalue weighted by Gasteiger charge is -2.28. The summed E-state index contributed by atoms with van der Waals surface area (Å²) in [5.41, 5.74) is 1.54. The smallest absolute Gasteiger partial charge is 0.338 e. The van der Waals surface area contributed by atoms with E-state index in [1.807, 2.05) is 18.2 Å². The largest absolute Gasteiger partial charge is 0.423 e.